The molecule has 1 fully saturated rings. The van der Waals surface area contributed by atoms with Crippen LogP contribution in [0.1, 0.15) is 27.7 Å². The monoisotopic (exact) mass is 424 g/mol. The fraction of sp³-hybridized carbons (Fsp3) is 0.545. The number of hydrogen-bond acceptors (Lipinski definition) is 8. The van der Waals surface area contributed by atoms with Crippen LogP contribution in [-0.2, 0) is 4.74 Å². The summed E-state index contributed by atoms with van der Waals surface area (Å²) < 4.78 is 5.42. The fourth-order valence-corrected chi connectivity index (χ4v) is 4.02. The summed E-state index contributed by atoms with van der Waals surface area (Å²) in [6.45, 7) is 13.9. The molecule has 31 heavy (non-hydrogen) atoms. The molecule has 4 rings (SSSR count). The molecule has 0 saturated carbocycles. The lowest BCUT2D eigenvalue weighted by atomic mass is 10.2. The van der Waals surface area contributed by atoms with Crippen molar-refractivity contribution in [3.05, 3.63) is 24.7 Å². The maximum atomic E-state index is 5.42. The molecule has 0 aliphatic carbocycles. The van der Waals surface area contributed by atoms with Gasteiger partial charge >= 0.3 is 0 Å². The normalized spacial score (nSPS) is 14.9. The van der Waals surface area contributed by atoms with E-state index >= 15 is 0 Å². The molecule has 2 N–H and O–H groups in total. The van der Waals surface area contributed by atoms with Crippen LogP contribution in [0.3, 0.4) is 0 Å². The molecule has 9 heteroatoms. The molecule has 9 nitrogen and oxygen atoms in total. The fourth-order valence-electron chi connectivity index (χ4n) is 4.02. The van der Waals surface area contributed by atoms with Crippen LogP contribution in [0.2, 0.25) is 0 Å². The third kappa shape index (κ3) is 4.94. The van der Waals surface area contributed by atoms with Crippen molar-refractivity contribution in [2.24, 2.45) is 0 Å². The van der Waals surface area contributed by atoms with E-state index < -0.39 is 0 Å². The first kappa shape index (κ1) is 21.5. The van der Waals surface area contributed by atoms with E-state index in [0.29, 0.717) is 17.7 Å². The molecule has 3 aromatic heterocycles. The number of pyridine rings is 1. The largest absolute Gasteiger partial charge is 0.378 e. The number of ether oxygens (including phenoxy) is 1. The van der Waals surface area contributed by atoms with Gasteiger partial charge in [-0.15, -0.1) is 0 Å². The molecule has 0 radical (unpaired) electrons. The standard InChI is InChI=1S/C22H32N8O/c1-15(2)30(16(3)4)8-7-23-21-19-22(26-14-25-21)28-20(27-19)17-5-6-18(24-13-17)29-9-11-31-12-10-29/h5-6,13-16H,7-12H2,1-4H3,(H2,23,25,26,27,28). The van der Waals surface area contributed by atoms with E-state index in [1.54, 1.807) is 6.33 Å². The third-order valence-corrected chi connectivity index (χ3v) is 5.63. The van der Waals surface area contributed by atoms with E-state index in [1.807, 2.05) is 18.3 Å². The van der Waals surface area contributed by atoms with Crippen LogP contribution in [0.4, 0.5) is 11.6 Å². The summed E-state index contributed by atoms with van der Waals surface area (Å²) in [5.74, 6) is 2.48. The highest BCUT2D eigenvalue weighted by Crippen LogP contribution is 2.24. The summed E-state index contributed by atoms with van der Waals surface area (Å²) in [5, 5.41) is 3.45. The Hall–Kier alpha value is -2.78. The van der Waals surface area contributed by atoms with Crippen molar-refractivity contribution in [2.75, 3.05) is 49.6 Å². The molecular formula is C22H32N8O. The molecule has 0 amide bonds. The second-order valence-corrected chi connectivity index (χ2v) is 8.36. The number of rotatable bonds is 8. The molecule has 1 aliphatic rings. The second-order valence-electron chi connectivity index (χ2n) is 8.36. The van der Waals surface area contributed by atoms with E-state index in [4.69, 9.17) is 4.74 Å². The molecule has 3 aromatic rings. The zero-order chi connectivity index (χ0) is 21.8. The Kier molecular flexibility index (Phi) is 6.62. The van der Waals surface area contributed by atoms with Gasteiger partial charge in [-0.25, -0.2) is 19.9 Å². The highest BCUT2D eigenvalue weighted by Gasteiger charge is 2.16. The molecule has 0 spiro atoms. The zero-order valence-electron chi connectivity index (χ0n) is 18.8. The molecule has 4 heterocycles. The predicted octanol–water partition coefficient (Wildman–Crippen LogP) is 2.78. The third-order valence-electron chi connectivity index (χ3n) is 5.63. The van der Waals surface area contributed by atoms with E-state index in [1.165, 1.54) is 0 Å². The number of aromatic nitrogens is 5. The van der Waals surface area contributed by atoms with Crippen LogP contribution in [0.5, 0.6) is 0 Å². The summed E-state index contributed by atoms with van der Waals surface area (Å²) in [6.07, 6.45) is 3.41. The highest BCUT2D eigenvalue weighted by molar-refractivity contribution is 5.85. The topological polar surface area (TPSA) is 95.1 Å². The number of nitrogens with one attached hydrogen (secondary N) is 2. The van der Waals surface area contributed by atoms with Crippen LogP contribution < -0.4 is 10.2 Å². The van der Waals surface area contributed by atoms with E-state index in [2.05, 4.69) is 67.7 Å². The summed E-state index contributed by atoms with van der Waals surface area (Å²) >= 11 is 0. The predicted molar refractivity (Wildman–Crippen MR) is 123 cm³/mol. The summed E-state index contributed by atoms with van der Waals surface area (Å²) in [5.41, 5.74) is 2.39. The van der Waals surface area contributed by atoms with Crippen LogP contribution >= 0.6 is 0 Å². The first-order valence-corrected chi connectivity index (χ1v) is 11.0. The van der Waals surface area contributed by atoms with Gasteiger partial charge in [0.15, 0.2) is 11.5 Å². The lowest BCUT2D eigenvalue weighted by molar-refractivity contribution is 0.122. The number of fused-ring (bicyclic) bond motifs is 1. The highest BCUT2D eigenvalue weighted by atomic mass is 16.5. The van der Waals surface area contributed by atoms with Gasteiger partial charge < -0.3 is 19.9 Å². The van der Waals surface area contributed by atoms with Crippen LogP contribution in [0, 0.1) is 0 Å². The average Bonchev–Trinajstić information content (AvgIpc) is 3.22. The quantitative estimate of drug-likeness (QED) is 0.570. The second kappa shape index (κ2) is 9.57. The first-order chi connectivity index (χ1) is 15.0. The van der Waals surface area contributed by atoms with Gasteiger partial charge in [0.25, 0.3) is 0 Å². The molecule has 1 saturated heterocycles. The molecule has 0 atom stereocenters. The van der Waals surface area contributed by atoms with Crippen molar-refractivity contribution in [1.82, 2.24) is 29.8 Å². The number of H-pyrrole nitrogens is 1. The van der Waals surface area contributed by atoms with E-state index in [9.17, 15) is 0 Å². The SMILES string of the molecule is CC(C)N(CCNc1ncnc2nc(-c3ccc(N4CCOCC4)nc3)[nH]c12)C(C)C. The summed E-state index contributed by atoms with van der Waals surface area (Å²) in [6, 6.07) is 5.07. The van der Waals surface area contributed by atoms with Crippen molar-refractivity contribution in [1.29, 1.82) is 0 Å². The van der Waals surface area contributed by atoms with Crippen LogP contribution in [0.15, 0.2) is 24.7 Å². The van der Waals surface area contributed by atoms with Crippen LogP contribution in [-0.4, -0.2) is 81.3 Å². The van der Waals surface area contributed by atoms with Gasteiger partial charge in [-0.05, 0) is 39.8 Å². The Labute approximate surface area is 183 Å². The maximum Gasteiger partial charge on any atom is 0.183 e. The zero-order valence-corrected chi connectivity index (χ0v) is 18.8. The number of imidazole rings is 1. The first-order valence-electron chi connectivity index (χ1n) is 11.0. The van der Waals surface area contributed by atoms with E-state index in [0.717, 1.165) is 67.9 Å². The minimum absolute atomic E-state index is 0.499. The average molecular weight is 425 g/mol. The van der Waals surface area contributed by atoms with Crippen molar-refractivity contribution in [3.63, 3.8) is 0 Å². The van der Waals surface area contributed by atoms with Gasteiger partial charge in [-0.2, -0.15) is 0 Å². The molecule has 0 unspecified atom stereocenters. The minimum Gasteiger partial charge on any atom is -0.378 e. The Balaban J connectivity index is 1.48. The summed E-state index contributed by atoms with van der Waals surface area (Å²) in [4.78, 5) is 26.1. The van der Waals surface area contributed by atoms with E-state index in [-0.39, 0.29) is 0 Å². The number of nitrogens with zero attached hydrogens (tertiary/aromatic N) is 6. The van der Waals surface area contributed by atoms with Crippen molar-refractivity contribution in [2.45, 2.75) is 39.8 Å². The van der Waals surface area contributed by atoms with Gasteiger partial charge in [0.05, 0.1) is 13.2 Å². The Bertz CT molecular complexity index is 971. The van der Waals surface area contributed by atoms with Gasteiger partial charge in [-0.3, -0.25) is 4.90 Å². The van der Waals surface area contributed by atoms with Gasteiger partial charge in [0.1, 0.15) is 23.5 Å². The molecular weight excluding hydrogens is 392 g/mol. The van der Waals surface area contributed by atoms with Gasteiger partial charge in [0, 0.05) is 50.0 Å². The van der Waals surface area contributed by atoms with Crippen molar-refractivity contribution < 1.29 is 4.74 Å². The lowest BCUT2D eigenvalue weighted by Crippen LogP contribution is -2.40. The smallest absolute Gasteiger partial charge is 0.183 e. The Morgan fingerprint density at radius 3 is 2.55 bits per heavy atom. The minimum atomic E-state index is 0.499. The van der Waals surface area contributed by atoms with Crippen LogP contribution in [0.25, 0.3) is 22.6 Å². The molecule has 0 bridgehead atoms. The Morgan fingerprint density at radius 2 is 1.87 bits per heavy atom. The van der Waals surface area contributed by atoms with Crippen molar-refractivity contribution >= 4 is 22.8 Å². The number of aromatic amines is 1. The van der Waals surface area contributed by atoms with Gasteiger partial charge in [-0.1, -0.05) is 0 Å². The number of anilines is 2. The summed E-state index contributed by atoms with van der Waals surface area (Å²) in [7, 11) is 0. The molecule has 166 valence electrons. The molecule has 0 aromatic carbocycles. The number of morpholine rings is 1. The van der Waals surface area contributed by atoms with Gasteiger partial charge in [0.2, 0.25) is 0 Å². The van der Waals surface area contributed by atoms with Crippen molar-refractivity contribution in [3.8, 4) is 11.4 Å². The maximum absolute atomic E-state index is 5.42. The number of hydrogen-bond donors (Lipinski definition) is 2. The molecule has 1 aliphatic heterocycles. The Morgan fingerprint density at radius 1 is 1.10 bits per heavy atom. The lowest BCUT2D eigenvalue weighted by Gasteiger charge is -2.30.